The number of hydrogen-bond donors (Lipinski definition) is 2. The highest BCUT2D eigenvalue weighted by Crippen LogP contribution is 2.24. The van der Waals surface area contributed by atoms with E-state index in [1.165, 1.54) is 12.0 Å². The summed E-state index contributed by atoms with van der Waals surface area (Å²) in [6.07, 6.45) is 4.79. The molecule has 0 spiro atoms. The lowest BCUT2D eigenvalue weighted by atomic mass is 9.95. The molecule has 8 heteroatoms. The van der Waals surface area contributed by atoms with E-state index in [0.29, 0.717) is 23.1 Å². The Morgan fingerprint density at radius 1 is 1.25 bits per heavy atom. The van der Waals surface area contributed by atoms with Crippen LogP contribution in [0.3, 0.4) is 0 Å². The first-order chi connectivity index (χ1) is 13.7. The summed E-state index contributed by atoms with van der Waals surface area (Å²) in [5.74, 6) is 0.775. The molecule has 3 aromatic heterocycles. The summed E-state index contributed by atoms with van der Waals surface area (Å²) in [4.78, 5) is 21.4. The minimum Gasteiger partial charge on any atom is -0.342 e. The van der Waals surface area contributed by atoms with E-state index < -0.39 is 0 Å². The Bertz CT molecular complexity index is 1160. The highest BCUT2D eigenvalue weighted by Gasteiger charge is 2.20. The molecular formula is C20H18N6O2. The van der Waals surface area contributed by atoms with Crippen LogP contribution in [0.4, 0.5) is 5.69 Å². The lowest BCUT2D eigenvalue weighted by Crippen LogP contribution is -2.39. The van der Waals surface area contributed by atoms with Crippen LogP contribution in [0, 0.1) is 6.92 Å². The van der Waals surface area contributed by atoms with Crippen molar-refractivity contribution in [3.63, 3.8) is 0 Å². The van der Waals surface area contributed by atoms with Crippen LogP contribution in [-0.4, -0.2) is 38.5 Å². The first-order valence-electron chi connectivity index (χ1n) is 9.05. The molecule has 0 saturated carbocycles. The summed E-state index contributed by atoms with van der Waals surface area (Å²) in [5.41, 5.74) is 4.90. The molecule has 1 aliphatic heterocycles. The highest BCUT2D eigenvalue weighted by molar-refractivity contribution is 6.04. The minimum absolute atomic E-state index is 0.223. The Morgan fingerprint density at radius 2 is 2.14 bits per heavy atom. The number of pyridine rings is 1. The van der Waals surface area contributed by atoms with Crippen LogP contribution in [-0.2, 0) is 0 Å². The molecular weight excluding hydrogens is 356 g/mol. The van der Waals surface area contributed by atoms with Gasteiger partial charge in [-0.3, -0.25) is 9.20 Å². The van der Waals surface area contributed by atoms with Crippen LogP contribution in [0.25, 0.3) is 17.0 Å². The topological polar surface area (TPSA) is 97.4 Å². The third kappa shape index (κ3) is 2.84. The number of amides is 1. The summed E-state index contributed by atoms with van der Waals surface area (Å²) in [5, 5.41) is 10.1. The van der Waals surface area contributed by atoms with E-state index in [1.54, 1.807) is 6.20 Å². The summed E-state index contributed by atoms with van der Waals surface area (Å²) in [7, 11) is 0. The molecule has 1 saturated heterocycles. The van der Waals surface area contributed by atoms with Crippen LogP contribution in [0.15, 0.2) is 53.6 Å². The number of carbonyl (C=O) groups is 1. The Labute approximate surface area is 160 Å². The van der Waals surface area contributed by atoms with Gasteiger partial charge in [-0.1, -0.05) is 17.3 Å². The van der Waals surface area contributed by atoms with Gasteiger partial charge >= 0.3 is 0 Å². The Balaban J connectivity index is 1.43. The van der Waals surface area contributed by atoms with Crippen molar-refractivity contribution in [2.75, 3.05) is 18.4 Å². The third-order valence-corrected chi connectivity index (χ3v) is 5.13. The molecule has 1 aliphatic rings. The summed E-state index contributed by atoms with van der Waals surface area (Å²) in [6.45, 7) is 3.91. The summed E-state index contributed by atoms with van der Waals surface area (Å²) in [6, 6.07) is 9.74. The van der Waals surface area contributed by atoms with Gasteiger partial charge in [0.2, 0.25) is 12.2 Å². The Kier molecular flexibility index (Phi) is 3.91. The van der Waals surface area contributed by atoms with Crippen molar-refractivity contribution in [2.24, 2.45) is 0 Å². The van der Waals surface area contributed by atoms with Gasteiger partial charge in [-0.25, -0.2) is 4.98 Å². The van der Waals surface area contributed by atoms with Crippen molar-refractivity contribution in [1.29, 1.82) is 0 Å². The molecule has 0 radical (unpaired) electrons. The molecule has 8 nitrogen and oxygen atoms in total. The van der Waals surface area contributed by atoms with Crippen molar-refractivity contribution < 1.29 is 9.32 Å². The maximum absolute atomic E-state index is 12.9. The molecule has 1 fully saturated rings. The van der Waals surface area contributed by atoms with Gasteiger partial charge in [0.15, 0.2) is 0 Å². The SMILES string of the molecule is Cc1ccc(-c2ncon2)cc1NC(=O)c1cnc2cc(C3CNC3)ccn12. The van der Waals surface area contributed by atoms with Gasteiger partial charge in [-0.15, -0.1) is 0 Å². The first kappa shape index (κ1) is 16.6. The van der Waals surface area contributed by atoms with Crippen molar-refractivity contribution in [3.05, 3.63) is 65.9 Å². The number of imidazole rings is 1. The van der Waals surface area contributed by atoms with Crippen LogP contribution in [0.5, 0.6) is 0 Å². The molecule has 0 unspecified atom stereocenters. The molecule has 140 valence electrons. The summed E-state index contributed by atoms with van der Waals surface area (Å²) < 4.78 is 6.61. The van der Waals surface area contributed by atoms with E-state index in [9.17, 15) is 4.79 Å². The van der Waals surface area contributed by atoms with Crippen molar-refractivity contribution in [2.45, 2.75) is 12.8 Å². The first-order valence-corrected chi connectivity index (χ1v) is 9.05. The maximum Gasteiger partial charge on any atom is 0.274 e. The third-order valence-electron chi connectivity index (χ3n) is 5.13. The standard InChI is InChI=1S/C20H18N6O2/c1-12-2-3-14(19-23-11-28-25-19)6-16(12)24-20(27)17-10-22-18-7-13(4-5-26(17)18)15-8-21-9-15/h2-7,10-11,15,21H,8-9H2,1H3,(H,24,27). The van der Waals surface area contributed by atoms with Gasteiger partial charge in [-0.05, 0) is 36.2 Å². The van der Waals surface area contributed by atoms with Gasteiger partial charge in [0.1, 0.15) is 11.3 Å². The largest absolute Gasteiger partial charge is 0.342 e. The maximum atomic E-state index is 12.9. The minimum atomic E-state index is -0.223. The second-order valence-electron chi connectivity index (χ2n) is 6.93. The number of nitrogens with one attached hydrogen (secondary N) is 2. The average Bonchev–Trinajstić information content (AvgIpc) is 3.31. The second-order valence-corrected chi connectivity index (χ2v) is 6.93. The number of aryl methyl sites for hydroxylation is 1. The van der Waals surface area contributed by atoms with Gasteiger partial charge in [0, 0.05) is 36.5 Å². The molecule has 0 bridgehead atoms. The van der Waals surface area contributed by atoms with E-state index in [-0.39, 0.29) is 5.91 Å². The van der Waals surface area contributed by atoms with Crippen LogP contribution < -0.4 is 10.6 Å². The summed E-state index contributed by atoms with van der Waals surface area (Å²) >= 11 is 0. The van der Waals surface area contributed by atoms with Crippen molar-refractivity contribution in [3.8, 4) is 11.4 Å². The van der Waals surface area contributed by atoms with Gasteiger partial charge < -0.3 is 15.2 Å². The number of anilines is 1. The highest BCUT2D eigenvalue weighted by atomic mass is 16.5. The van der Waals surface area contributed by atoms with Gasteiger partial charge in [0.25, 0.3) is 5.91 Å². The van der Waals surface area contributed by atoms with Gasteiger partial charge in [-0.2, -0.15) is 4.98 Å². The fourth-order valence-corrected chi connectivity index (χ4v) is 3.32. The number of carbonyl (C=O) groups excluding carboxylic acids is 1. The molecule has 4 heterocycles. The molecule has 28 heavy (non-hydrogen) atoms. The zero-order chi connectivity index (χ0) is 19.1. The molecule has 2 N–H and O–H groups in total. The number of rotatable bonds is 4. The smallest absolute Gasteiger partial charge is 0.274 e. The van der Waals surface area contributed by atoms with E-state index in [2.05, 4.69) is 31.8 Å². The predicted molar refractivity (Wildman–Crippen MR) is 103 cm³/mol. The zero-order valence-electron chi connectivity index (χ0n) is 15.2. The number of nitrogens with zero attached hydrogens (tertiary/aromatic N) is 4. The van der Waals surface area contributed by atoms with E-state index >= 15 is 0 Å². The van der Waals surface area contributed by atoms with Crippen molar-refractivity contribution in [1.82, 2.24) is 24.8 Å². The van der Waals surface area contributed by atoms with Crippen molar-refractivity contribution >= 4 is 17.2 Å². The molecule has 1 aromatic carbocycles. The number of benzene rings is 1. The van der Waals surface area contributed by atoms with Crippen LogP contribution in [0.2, 0.25) is 0 Å². The monoisotopic (exact) mass is 374 g/mol. The lowest BCUT2D eigenvalue weighted by Gasteiger charge is -2.27. The molecule has 0 atom stereocenters. The Morgan fingerprint density at radius 3 is 2.89 bits per heavy atom. The fraction of sp³-hybridized carbons (Fsp3) is 0.200. The quantitative estimate of drug-likeness (QED) is 0.570. The molecule has 0 aliphatic carbocycles. The van der Waals surface area contributed by atoms with Crippen LogP contribution >= 0.6 is 0 Å². The number of hydrogen-bond acceptors (Lipinski definition) is 6. The zero-order valence-corrected chi connectivity index (χ0v) is 15.2. The molecule has 5 rings (SSSR count). The van der Waals surface area contributed by atoms with E-state index in [4.69, 9.17) is 4.52 Å². The van der Waals surface area contributed by atoms with E-state index in [0.717, 1.165) is 29.9 Å². The number of fused-ring (bicyclic) bond motifs is 1. The van der Waals surface area contributed by atoms with E-state index in [1.807, 2.05) is 41.8 Å². The Hall–Kier alpha value is -3.52. The average molecular weight is 374 g/mol. The predicted octanol–water partition coefficient (Wildman–Crippen LogP) is 2.63. The normalized spacial score (nSPS) is 14.2. The molecule has 1 amide bonds. The van der Waals surface area contributed by atoms with Gasteiger partial charge in [0.05, 0.1) is 6.20 Å². The number of aromatic nitrogens is 4. The fourth-order valence-electron chi connectivity index (χ4n) is 3.32. The van der Waals surface area contributed by atoms with Crippen LogP contribution in [0.1, 0.15) is 27.5 Å². The second kappa shape index (κ2) is 6.58. The molecule has 4 aromatic rings. The lowest BCUT2D eigenvalue weighted by molar-refractivity contribution is 0.102.